The SMILES string of the molecule is COc1cccc(S(=O)(=O)N2C[C@@H](Oc3cccnc3)C[C@H]2C(N)=O)c1. The number of hydrogen-bond acceptors (Lipinski definition) is 6. The van der Waals surface area contributed by atoms with Crippen LogP contribution in [0.2, 0.25) is 0 Å². The topological polar surface area (TPSA) is 112 Å². The summed E-state index contributed by atoms with van der Waals surface area (Å²) in [6.07, 6.45) is 2.80. The van der Waals surface area contributed by atoms with Crippen LogP contribution in [0.25, 0.3) is 0 Å². The van der Waals surface area contributed by atoms with Crippen molar-refractivity contribution in [2.45, 2.75) is 23.5 Å². The standard InChI is InChI=1S/C17H19N3O5S/c1-24-12-4-2-6-15(8-12)26(22,23)20-11-14(9-16(20)17(18)21)25-13-5-3-7-19-10-13/h2-8,10,14,16H,9,11H2,1H3,(H2,18,21)/t14-,16-/m0/s1. The van der Waals surface area contributed by atoms with Gasteiger partial charge in [-0.05, 0) is 24.3 Å². The lowest BCUT2D eigenvalue weighted by molar-refractivity contribution is -0.121. The number of ether oxygens (including phenoxy) is 2. The van der Waals surface area contributed by atoms with Crippen molar-refractivity contribution in [3.63, 3.8) is 0 Å². The van der Waals surface area contributed by atoms with Crippen LogP contribution in [0, 0.1) is 0 Å². The third-order valence-corrected chi connectivity index (χ3v) is 6.00. The van der Waals surface area contributed by atoms with E-state index in [-0.39, 0.29) is 17.9 Å². The molecule has 2 aromatic rings. The molecule has 2 N–H and O–H groups in total. The largest absolute Gasteiger partial charge is 0.497 e. The van der Waals surface area contributed by atoms with Crippen molar-refractivity contribution in [2.24, 2.45) is 5.73 Å². The summed E-state index contributed by atoms with van der Waals surface area (Å²) < 4.78 is 38.0. The molecule has 1 aliphatic rings. The van der Waals surface area contributed by atoms with Crippen molar-refractivity contribution in [3.8, 4) is 11.5 Å². The van der Waals surface area contributed by atoms with Crippen LogP contribution in [0.5, 0.6) is 11.5 Å². The van der Waals surface area contributed by atoms with Gasteiger partial charge in [0.1, 0.15) is 23.6 Å². The fraction of sp³-hybridized carbons (Fsp3) is 0.294. The van der Waals surface area contributed by atoms with Gasteiger partial charge in [0.05, 0.1) is 24.7 Å². The van der Waals surface area contributed by atoms with Crippen molar-refractivity contribution < 1.29 is 22.7 Å². The number of primary amides is 1. The monoisotopic (exact) mass is 377 g/mol. The van der Waals surface area contributed by atoms with Gasteiger partial charge in [-0.1, -0.05) is 6.07 Å². The van der Waals surface area contributed by atoms with Crippen LogP contribution in [-0.2, 0) is 14.8 Å². The summed E-state index contributed by atoms with van der Waals surface area (Å²) in [7, 11) is -2.48. The van der Waals surface area contributed by atoms with Gasteiger partial charge in [0.15, 0.2) is 0 Å². The van der Waals surface area contributed by atoms with Gasteiger partial charge in [0, 0.05) is 18.7 Å². The average Bonchev–Trinajstić information content (AvgIpc) is 3.07. The Morgan fingerprint density at radius 2 is 2.04 bits per heavy atom. The first-order valence-corrected chi connectivity index (χ1v) is 9.37. The molecule has 0 spiro atoms. The second kappa shape index (κ2) is 7.30. The molecule has 0 bridgehead atoms. The molecule has 138 valence electrons. The highest BCUT2D eigenvalue weighted by atomic mass is 32.2. The number of pyridine rings is 1. The van der Waals surface area contributed by atoms with Crippen molar-refractivity contribution in [1.82, 2.24) is 9.29 Å². The Hall–Kier alpha value is -2.65. The molecule has 1 amide bonds. The number of hydrogen-bond donors (Lipinski definition) is 1. The highest BCUT2D eigenvalue weighted by Gasteiger charge is 2.44. The Morgan fingerprint density at radius 1 is 1.27 bits per heavy atom. The van der Waals surface area contributed by atoms with Gasteiger partial charge >= 0.3 is 0 Å². The van der Waals surface area contributed by atoms with Gasteiger partial charge in [-0.15, -0.1) is 0 Å². The normalized spacial score (nSPS) is 20.7. The molecule has 2 heterocycles. The molecule has 1 fully saturated rings. The molecule has 3 rings (SSSR count). The van der Waals surface area contributed by atoms with Gasteiger partial charge in [-0.3, -0.25) is 9.78 Å². The van der Waals surface area contributed by atoms with E-state index in [1.54, 1.807) is 30.5 Å². The number of rotatable bonds is 6. The zero-order chi connectivity index (χ0) is 18.7. The molecule has 0 unspecified atom stereocenters. The number of nitrogens with zero attached hydrogens (tertiary/aromatic N) is 2. The number of aromatic nitrogens is 1. The molecule has 1 aliphatic heterocycles. The summed E-state index contributed by atoms with van der Waals surface area (Å²) in [4.78, 5) is 15.8. The lowest BCUT2D eigenvalue weighted by Crippen LogP contribution is -2.43. The van der Waals surface area contributed by atoms with Crippen LogP contribution < -0.4 is 15.2 Å². The zero-order valence-electron chi connectivity index (χ0n) is 14.1. The van der Waals surface area contributed by atoms with E-state index >= 15 is 0 Å². The molecule has 0 aliphatic carbocycles. The van der Waals surface area contributed by atoms with Crippen molar-refractivity contribution in [2.75, 3.05) is 13.7 Å². The summed E-state index contributed by atoms with van der Waals surface area (Å²) in [5.41, 5.74) is 5.44. The molecule has 1 saturated heterocycles. The minimum absolute atomic E-state index is 0.0159. The van der Waals surface area contributed by atoms with Gasteiger partial charge in [0.2, 0.25) is 15.9 Å². The predicted molar refractivity (Wildman–Crippen MR) is 93.1 cm³/mol. The maximum atomic E-state index is 13.0. The van der Waals surface area contributed by atoms with E-state index in [1.165, 1.54) is 25.4 Å². The second-order valence-corrected chi connectivity index (χ2v) is 7.73. The van der Waals surface area contributed by atoms with Crippen molar-refractivity contribution in [1.29, 1.82) is 0 Å². The Balaban J connectivity index is 1.87. The number of benzene rings is 1. The highest BCUT2D eigenvalue weighted by molar-refractivity contribution is 7.89. The molecular weight excluding hydrogens is 358 g/mol. The summed E-state index contributed by atoms with van der Waals surface area (Å²) in [6, 6.07) is 8.51. The van der Waals surface area contributed by atoms with Crippen LogP contribution in [0.1, 0.15) is 6.42 Å². The summed E-state index contributed by atoms with van der Waals surface area (Å²) in [6.45, 7) is 0.0159. The van der Waals surface area contributed by atoms with E-state index in [1.807, 2.05) is 0 Å². The van der Waals surface area contributed by atoms with E-state index in [9.17, 15) is 13.2 Å². The number of amides is 1. The predicted octanol–water partition coefficient (Wildman–Crippen LogP) is 0.786. The van der Waals surface area contributed by atoms with E-state index < -0.39 is 28.1 Å². The zero-order valence-corrected chi connectivity index (χ0v) is 14.9. The Morgan fingerprint density at radius 3 is 2.69 bits per heavy atom. The summed E-state index contributed by atoms with van der Waals surface area (Å²) >= 11 is 0. The first kappa shape index (κ1) is 18.2. The number of sulfonamides is 1. The van der Waals surface area contributed by atoms with Crippen LogP contribution in [-0.4, -0.2) is 49.4 Å². The first-order chi connectivity index (χ1) is 12.4. The molecule has 8 nitrogen and oxygen atoms in total. The maximum absolute atomic E-state index is 13.0. The second-order valence-electron chi connectivity index (χ2n) is 5.84. The van der Waals surface area contributed by atoms with Gasteiger partial charge in [0.25, 0.3) is 0 Å². The number of nitrogens with two attached hydrogens (primary N) is 1. The van der Waals surface area contributed by atoms with E-state index in [0.29, 0.717) is 11.5 Å². The van der Waals surface area contributed by atoms with Crippen molar-refractivity contribution in [3.05, 3.63) is 48.8 Å². The van der Waals surface area contributed by atoms with Crippen LogP contribution in [0.15, 0.2) is 53.7 Å². The molecule has 9 heteroatoms. The molecule has 0 radical (unpaired) electrons. The van der Waals surface area contributed by atoms with Gasteiger partial charge in [-0.25, -0.2) is 8.42 Å². The maximum Gasteiger partial charge on any atom is 0.244 e. The van der Waals surface area contributed by atoms with Gasteiger partial charge in [-0.2, -0.15) is 4.31 Å². The molecule has 26 heavy (non-hydrogen) atoms. The number of carbonyl (C=O) groups is 1. The van der Waals surface area contributed by atoms with Crippen LogP contribution in [0.3, 0.4) is 0 Å². The minimum Gasteiger partial charge on any atom is -0.497 e. The fourth-order valence-electron chi connectivity index (χ4n) is 2.88. The fourth-order valence-corrected chi connectivity index (χ4v) is 4.56. The first-order valence-electron chi connectivity index (χ1n) is 7.93. The molecule has 1 aromatic carbocycles. The molecule has 2 atom stereocenters. The van der Waals surface area contributed by atoms with Crippen molar-refractivity contribution >= 4 is 15.9 Å². The lowest BCUT2D eigenvalue weighted by atomic mass is 10.2. The van der Waals surface area contributed by atoms with Crippen LogP contribution in [0.4, 0.5) is 0 Å². The summed E-state index contributed by atoms with van der Waals surface area (Å²) in [5.74, 6) is 0.194. The van der Waals surface area contributed by atoms with E-state index in [0.717, 1.165) is 4.31 Å². The van der Waals surface area contributed by atoms with E-state index in [2.05, 4.69) is 4.98 Å². The molecule has 1 aromatic heterocycles. The Kier molecular flexibility index (Phi) is 5.10. The smallest absolute Gasteiger partial charge is 0.244 e. The Bertz CT molecular complexity index is 888. The average molecular weight is 377 g/mol. The third kappa shape index (κ3) is 3.63. The number of methoxy groups -OCH3 is 1. The van der Waals surface area contributed by atoms with Gasteiger partial charge < -0.3 is 15.2 Å². The summed E-state index contributed by atoms with van der Waals surface area (Å²) in [5, 5.41) is 0. The minimum atomic E-state index is -3.93. The third-order valence-electron chi connectivity index (χ3n) is 4.13. The highest BCUT2D eigenvalue weighted by Crippen LogP contribution is 2.29. The quantitative estimate of drug-likeness (QED) is 0.796. The Labute approximate surface area is 151 Å². The molecule has 0 saturated carbocycles. The molecular formula is C17H19N3O5S. The van der Waals surface area contributed by atoms with Crippen LogP contribution >= 0.6 is 0 Å². The van der Waals surface area contributed by atoms with E-state index in [4.69, 9.17) is 15.2 Å². The lowest BCUT2D eigenvalue weighted by Gasteiger charge is -2.21. The number of carbonyl (C=O) groups excluding carboxylic acids is 1.